The number of hydrogen-bond acceptors (Lipinski definition) is 9. The number of carboxylic acids is 1. The van der Waals surface area contributed by atoms with E-state index in [1.54, 1.807) is 24.5 Å². The number of aromatic hydroxyl groups is 2. The molecule has 1 heterocycles. The number of phenolic OH excluding ortho intramolecular Hbond substituents is 2. The number of nitrogens with zero attached hydrogens (tertiary/aromatic N) is 4. The zero-order valence-corrected chi connectivity index (χ0v) is 24.4. The summed E-state index contributed by atoms with van der Waals surface area (Å²) >= 11 is 0. The minimum Gasteiger partial charge on any atom is -0.508 e. The van der Waals surface area contributed by atoms with Crippen molar-refractivity contribution in [1.29, 1.82) is 0 Å². The standard InChI is InChI=1S/C26H34N6O5.C3H6O2/c1-4-28-26(37)25-30-29-24(21-13-20(17(2)3)22(35)14-23(21)36)32(25)19-7-5-18(6-8-19)15-31(11-12-33)10-9-27-16-34;1-2-3(4)5/h5-8,13-14,16-17,33,35-36H,4,9-12,15H2,1-3H3,(H,27,34)(H,28,37);2H2,1H3,(H,4,5). The molecular weight excluding hydrogens is 544 g/mol. The van der Waals surface area contributed by atoms with Crippen molar-refractivity contribution in [3.63, 3.8) is 0 Å². The van der Waals surface area contributed by atoms with Crippen LogP contribution in [0.5, 0.6) is 11.5 Å². The number of phenols is 2. The molecule has 0 radical (unpaired) electrons. The molecule has 1 aromatic heterocycles. The first-order chi connectivity index (χ1) is 20.1. The van der Waals surface area contributed by atoms with E-state index in [1.807, 2.05) is 43.0 Å². The maximum absolute atomic E-state index is 12.8. The quantitative estimate of drug-likeness (QED) is 0.121. The van der Waals surface area contributed by atoms with Crippen LogP contribution in [0.3, 0.4) is 0 Å². The van der Waals surface area contributed by atoms with Crippen molar-refractivity contribution in [2.24, 2.45) is 0 Å². The molecule has 13 heteroatoms. The maximum atomic E-state index is 12.8. The number of aliphatic hydroxyl groups excluding tert-OH is 1. The van der Waals surface area contributed by atoms with Gasteiger partial charge in [0, 0.05) is 50.9 Å². The molecule has 0 atom stereocenters. The molecule has 228 valence electrons. The molecule has 0 spiro atoms. The second-order valence-corrected chi connectivity index (χ2v) is 9.61. The molecule has 13 nitrogen and oxygen atoms in total. The first-order valence-electron chi connectivity index (χ1n) is 13.7. The van der Waals surface area contributed by atoms with Crippen molar-refractivity contribution in [2.75, 3.05) is 32.8 Å². The summed E-state index contributed by atoms with van der Waals surface area (Å²) < 4.78 is 1.57. The number of aliphatic carboxylic acids is 1. The van der Waals surface area contributed by atoms with E-state index in [-0.39, 0.29) is 42.1 Å². The van der Waals surface area contributed by atoms with Crippen LogP contribution in [0.1, 0.15) is 61.8 Å². The summed E-state index contributed by atoms with van der Waals surface area (Å²) in [5.41, 5.74) is 2.54. The van der Waals surface area contributed by atoms with Crippen molar-refractivity contribution >= 4 is 18.3 Å². The topological polar surface area (TPSA) is 190 Å². The lowest BCUT2D eigenvalue weighted by Crippen LogP contribution is -2.33. The van der Waals surface area contributed by atoms with Crippen LogP contribution in [0.15, 0.2) is 36.4 Å². The third-order valence-corrected chi connectivity index (χ3v) is 6.19. The maximum Gasteiger partial charge on any atom is 0.303 e. The smallest absolute Gasteiger partial charge is 0.303 e. The number of carbonyl (C=O) groups excluding carboxylic acids is 2. The number of amides is 2. The summed E-state index contributed by atoms with van der Waals surface area (Å²) in [6.45, 7) is 9.71. The van der Waals surface area contributed by atoms with Crippen LogP contribution in [-0.2, 0) is 16.1 Å². The SMILES string of the molecule is CCC(=O)O.CCNC(=O)c1nnc(-c2cc(C(C)C)c(O)cc2O)n1-c1ccc(CN(CCO)CCNC=O)cc1. The monoisotopic (exact) mass is 584 g/mol. The van der Waals surface area contributed by atoms with Gasteiger partial charge >= 0.3 is 5.97 Å². The average Bonchev–Trinajstić information content (AvgIpc) is 3.39. The highest BCUT2D eigenvalue weighted by Crippen LogP contribution is 2.38. The Bertz CT molecular complexity index is 1320. The predicted octanol–water partition coefficient (Wildman–Crippen LogP) is 2.24. The molecule has 3 rings (SSSR count). The summed E-state index contributed by atoms with van der Waals surface area (Å²) in [6, 6.07) is 10.4. The number of aliphatic hydroxyl groups is 1. The van der Waals surface area contributed by atoms with Gasteiger partial charge in [0.2, 0.25) is 12.2 Å². The van der Waals surface area contributed by atoms with E-state index in [0.29, 0.717) is 55.9 Å². The molecule has 0 fully saturated rings. The van der Waals surface area contributed by atoms with Crippen LogP contribution >= 0.6 is 0 Å². The lowest BCUT2D eigenvalue weighted by atomic mass is 9.98. The van der Waals surface area contributed by atoms with Gasteiger partial charge in [0.15, 0.2) is 5.82 Å². The molecular formula is C29H40N6O7. The third-order valence-electron chi connectivity index (χ3n) is 6.19. The number of rotatable bonds is 14. The van der Waals surface area contributed by atoms with E-state index in [9.17, 15) is 29.7 Å². The number of carbonyl (C=O) groups is 3. The molecule has 0 aliphatic heterocycles. The van der Waals surface area contributed by atoms with Gasteiger partial charge in [-0.25, -0.2) is 0 Å². The van der Waals surface area contributed by atoms with Gasteiger partial charge in [-0.15, -0.1) is 10.2 Å². The van der Waals surface area contributed by atoms with Crippen molar-refractivity contribution in [2.45, 2.75) is 46.6 Å². The minimum absolute atomic E-state index is 0.00632. The van der Waals surface area contributed by atoms with Crippen LogP contribution < -0.4 is 10.6 Å². The van der Waals surface area contributed by atoms with Crippen molar-refractivity contribution in [3.05, 3.63) is 53.3 Å². The van der Waals surface area contributed by atoms with Crippen LogP contribution in [0.4, 0.5) is 0 Å². The molecule has 3 aromatic rings. The van der Waals surface area contributed by atoms with Crippen molar-refractivity contribution < 1.29 is 34.8 Å². The fourth-order valence-corrected chi connectivity index (χ4v) is 4.03. The summed E-state index contributed by atoms with van der Waals surface area (Å²) in [7, 11) is 0. The molecule has 2 aromatic carbocycles. The summed E-state index contributed by atoms with van der Waals surface area (Å²) in [6.07, 6.45) is 0.866. The van der Waals surface area contributed by atoms with Crippen LogP contribution in [0.25, 0.3) is 17.1 Å². The molecule has 2 amide bonds. The summed E-state index contributed by atoms with van der Waals surface area (Å²) in [4.78, 5) is 34.7. The van der Waals surface area contributed by atoms with Gasteiger partial charge in [-0.2, -0.15) is 0 Å². The van der Waals surface area contributed by atoms with Gasteiger partial charge in [0.25, 0.3) is 5.91 Å². The molecule has 0 bridgehead atoms. The highest BCUT2D eigenvalue weighted by Gasteiger charge is 2.24. The van der Waals surface area contributed by atoms with E-state index < -0.39 is 11.9 Å². The van der Waals surface area contributed by atoms with E-state index >= 15 is 0 Å². The van der Waals surface area contributed by atoms with Gasteiger partial charge in [-0.1, -0.05) is 32.9 Å². The largest absolute Gasteiger partial charge is 0.508 e. The Morgan fingerprint density at radius 2 is 1.71 bits per heavy atom. The zero-order valence-electron chi connectivity index (χ0n) is 24.4. The van der Waals surface area contributed by atoms with Crippen molar-refractivity contribution in [1.82, 2.24) is 30.3 Å². The molecule has 0 saturated heterocycles. The van der Waals surface area contributed by atoms with Crippen molar-refractivity contribution in [3.8, 4) is 28.6 Å². The normalized spacial score (nSPS) is 10.7. The fraction of sp³-hybridized carbons (Fsp3) is 0.414. The first kappa shape index (κ1) is 33.7. The molecule has 0 aliphatic rings. The number of hydrogen-bond donors (Lipinski definition) is 6. The number of carboxylic acid groups (broad SMARTS) is 1. The molecule has 42 heavy (non-hydrogen) atoms. The molecule has 0 unspecified atom stereocenters. The van der Waals surface area contributed by atoms with Gasteiger partial charge < -0.3 is 31.1 Å². The van der Waals surface area contributed by atoms with E-state index in [1.165, 1.54) is 6.07 Å². The molecule has 0 saturated carbocycles. The number of aromatic nitrogens is 3. The van der Waals surface area contributed by atoms with E-state index in [2.05, 4.69) is 20.8 Å². The molecule has 6 N–H and O–H groups in total. The minimum atomic E-state index is -0.745. The predicted molar refractivity (Wildman–Crippen MR) is 157 cm³/mol. The van der Waals surface area contributed by atoms with Gasteiger partial charge in [0.1, 0.15) is 11.5 Å². The van der Waals surface area contributed by atoms with E-state index in [4.69, 9.17) is 5.11 Å². The Kier molecular flexibility index (Phi) is 13.4. The third kappa shape index (κ3) is 9.28. The Morgan fingerprint density at radius 1 is 1.05 bits per heavy atom. The fourth-order valence-electron chi connectivity index (χ4n) is 4.03. The van der Waals surface area contributed by atoms with E-state index in [0.717, 1.165) is 5.56 Å². The zero-order chi connectivity index (χ0) is 31.2. The number of nitrogens with one attached hydrogen (secondary N) is 2. The molecule has 0 aliphatic carbocycles. The Balaban J connectivity index is 0.00000113. The number of benzene rings is 2. The second kappa shape index (κ2) is 16.7. The van der Waals surface area contributed by atoms with Crippen LogP contribution in [-0.4, -0.2) is 91.2 Å². The lowest BCUT2D eigenvalue weighted by molar-refractivity contribution is -0.136. The summed E-state index contributed by atoms with van der Waals surface area (Å²) in [5.74, 6) is -1.05. The second-order valence-electron chi connectivity index (χ2n) is 9.61. The summed E-state index contributed by atoms with van der Waals surface area (Å²) in [5, 5.41) is 51.8. The Labute approximate surface area is 244 Å². The highest BCUT2D eigenvalue weighted by atomic mass is 16.4. The highest BCUT2D eigenvalue weighted by molar-refractivity contribution is 5.92. The first-order valence-corrected chi connectivity index (χ1v) is 13.7. The van der Waals surface area contributed by atoms with Crippen LogP contribution in [0, 0.1) is 0 Å². The van der Waals surface area contributed by atoms with Gasteiger partial charge in [-0.05, 0) is 42.2 Å². The van der Waals surface area contributed by atoms with Crippen LogP contribution in [0.2, 0.25) is 0 Å². The lowest BCUT2D eigenvalue weighted by Gasteiger charge is -2.21. The van der Waals surface area contributed by atoms with Gasteiger partial charge in [0.05, 0.1) is 12.2 Å². The Hall–Kier alpha value is -4.49. The Morgan fingerprint density at radius 3 is 2.26 bits per heavy atom. The van der Waals surface area contributed by atoms with Gasteiger partial charge in [-0.3, -0.25) is 23.9 Å². The average molecular weight is 585 g/mol.